The number of nitrogens with zero attached hydrogens (tertiary/aromatic N) is 2. The lowest BCUT2D eigenvalue weighted by atomic mass is 10.0. The summed E-state index contributed by atoms with van der Waals surface area (Å²) in [7, 11) is 0. The van der Waals surface area contributed by atoms with Gasteiger partial charge in [-0.15, -0.1) is 0 Å². The van der Waals surface area contributed by atoms with E-state index in [1.807, 2.05) is 42.5 Å². The Hall–Kier alpha value is -3.77. The summed E-state index contributed by atoms with van der Waals surface area (Å²) < 4.78 is 0. The molecule has 1 N–H and O–H groups in total. The van der Waals surface area contributed by atoms with Gasteiger partial charge in [0, 0.05) is 33.3 Å². The second-order valence-corrected chi connectivity index (χ2v) is 7.17. The lowest BCUT2D eigenvalue weighted by molar-refractivity contribution is -0.385. The molecular formula is C23H16ClN3O3. The Labute approximate surface area is 177 Å². The van der Waals surface area contributed by atoms with Crippen LogP contribution < -0.4 is 5.32 Å². The number of nitrogens with one attached hydrogen (secondary N) is 1. The standard InChI is InChI=1S/C23H16ClN3O3/c1-14-10-11-15(12-22(14)27(29)30)25-23(28)18-13-21(17-7-2-4-8-19(17)24)26-20-9-5-3-6-16(18)20/h2-13H,1H3,(H,25,28). The molecule has 0 aliphatic carbocycles. The number of nitro benzene ring substituents is 1. The fourth-order valence-electron chi connectivity index (χ4n) is 3.25. The third-order valence-electron chi connectivity index (χ3n) is 4.77. The fraction of sp³-hybridized carbons (Fsp3) is 0.0435. The third kappa shape index (κ3) is 3.73. The summed E-state index contributed by atoms with van der Waals surface area (Å²) in [5.74, 6) is -0.389. The minimum atomic E-state index is -0.470. The molecule has 0 saturated heterocycles. The Morgan fingerprint density at radius 2 is 1.77 bits per heavy atom. The SMILES string of the molecule is Cc1ccc(NC(=O)c2cc(-c3ccccc3Cl)nc3ccccc23)cc1[N+](=O)[O-]. The number of para-hydroxylation sites is 1. The van der Waals surface area contributed by atoms with E-state index in [4.69, 9.17) is 11.6 Å². The van der Waals surface area contributed by atoms with Crippen molar-refractivity contribution in [2.45, 2.75) is 6.92 Å². The van der Waals surface area contributed by atoms with Crippen LogP contribution in [0.25, 0.3) is 22.2 Å². The van der Waals surface area contributed by atoms with Crippen molar-refractivity contribution >= 4 is 39.8 Å². The summed E-state index contributed by atoms with van der Waals surface area (Å²) in [5, 5.41) is 15.2. The normalized spacial score (nSPS) is 10.7. The molecule has 7 heteroatoms. The molecule has 1 aromatic heterocycles. The summed E-state index contributed by atoms with van der Waals surface area (Å²) in [6, 6.07) is 20.9. The Morgan fingerprint density at radius 3 is 2.53 bits per heavy atom. The number of benzene rings is 3. The lowest BCUT2D eigenvalue weighted by Crippen LogP contribution is -2.13. The molecule has 0 unspecified atom stereocenters. The quantitative estimate of drug-likeness (QED) is 0.324. The highest BCUT2D eigenvalue weighted by atomic mass is 35.5. The highest BCUT2D eigenvalue weighted by Crippen LogP contribution is 2.30. The molecule has 0 saturated carbocycles. The highest BCUT2D eigenvalue weighted by Gasteiger charge is 2.17. The first-order valence-electron chi connectivity index (χ1n) is 9.15. The zero-order chi connectivity index (χ0) is 21.3. The number of nitro groups is 1. The van der Waals surface area contributed by atoms with E-state index < -0.39 is 4.92 Å². The number of rotatable bonds is 4. The van der Waals surface area contributed by atoms with E-state index >= 15 is 0 Å². The molecule has 0 bridgehead atoms. The maximum atomic E-state index is 13.1. The number of anilines is 1. The second-order valence-electron chi connectivity index (χ2n) is 6.76. The number of halogens is 1. The summed E-state index contributed by atoms with van der Waals surface area (Å²) in [4.78, 5) is 28.5. The minimum absolute atomic E-state index is 0.0517. The van der Waals surface area contributed by atoms with Crippen LogP contribution in [0.2, 0.25) is 5.02 Å². The summed E-state index contributed by atoms with van der Waals surface area (Å²) in [6.45, 7) is 1.65. The Bertz CT molecular complexity index is 1300. The number of carbonyl (C=O) groups is 1. The maximum absolute atomic E-state index is 13.1. The first-order chi connectivity index (χ1) is 14.4. The van der Waals surface area contributed by atoms with E-state index in [1.54, 1.807) is 31.2 Å². The molecule has 0 spiro atoms. The van der Waals surface area contributed by atoms with Crippen LogP contribution in [0.5, 0.6) is 0 Å². The molecule has 6 nitrogen and oxygen atoms in total. The first kappa shape index (κ1) is 19.5. The van der Waals surface area contributed by atoms with Crippen molar-refractivity contribution in [2.75, 3.05) is 5.32 Å². The molecule has 1 amide bonds. The number of aryl methyl sites for hydroxylation is 1. The molecule has 30 heavy (non-hydrogen) atoms. The lowest BCUT2D eigenvalue weighted by Gasteiger charge is -2.12. The van der Waals surface area contributed by atoms with Gasteiger partial charge in [-0.2, -0.15) is 0 Å². The van der Waals surface area contributed by atoms with Crippen LogP contribution in [0.1, 0.15) is 15.9 Å². The number of amides is 1. The Morgan fingerprint density at radius 1 is 1.03 bits per heavy atom. The molecule has 4 rings (SSSR count). The van der Waals surface area contributed by atoms with Crippen molar-refractivity contribution < 1.29 is 9.72 Å². The molecular weight excluding hydrogens is 402 g/mol. The van der Waals surface area contributed by atoms with Gasteiger partial charge in [0.2, 0.25) is 0 Å². The number of aromatic nitrogens is 1. The van der Waals surface area contributed by atoms with Crippen LogP contribution in [-0.2, 0) is 0 Å². The monoisotopic (exact) mass is 417 g/mol. The molecule has 0 radical (unpaired) electrons. The molecule has 4 aromatic rings. The van der Waals surface area contributed by atoms with E-state index in [0.29, 0.717) is 44.0 Å². The van der Waals surface area contributed by atoms with E-state index in [0.717, 1.165) is 0 Å². The van der Waals surface area contributed by atoms with Crippen LogP contribution in [0.15, 0.2) is 72.8 Å². The molecule has 0 atom stereocenters. The van der Waals surface area contributed by atoms with E-state index in [2.05, 4.69) is 10.3 Å². The van der Waals surface area contributed by atoms with Crippen LogP contribution >= 0.6 is 11.6 Å². The predicted molar refractivity (Wildman–Crippen MR) is 118 cm³/mol. The third-order valence-corrected chi connectivity index (χ3v) is 5.10. The topological polar surface area (TPSA) is 85.1 Å². The van der Waals surface area contributed by atoms with Crippen molar-refractivity contribution in [2.24, 2.45) is 0 Å². The molecule has 1 heterocycles. The van der Waals surface area contributed by atoms with Gasteiger partial charge in [-0.1, -0.05) is 54.1 Å². The maximum Gasteiger partial charge on any atom is 0.274 e. The fourth-order valence-corrected chi connectivity index (χ4v) is 3.48. The van der Waals surface area contributed by atoms with Gasteiger partial charge in [-0.3, -0.25) is 14.9 Å². The number of fused-ring (bicyclic) bond motifs is 1. The highest BCUT2D eigenvalue weighted by molar-refractivity contribution is 6.33. The number of hydrogen-bond donors (Lipinski definition) is 1. The van der Waals surface area contributed by atoms with Gasteiger partial charge in [-0.25, -0.2) is 4.98 Å². The van der Waals surface area contributed by atoms with Crippen LogP contribution in [-0.4, -0.2) is 15.8 Å². The van der Waals surface area contributed by atoms with E-state index in [1.165, 1.54) is 6.07 Å². The minimum Gasteiger partial charge on any atom is -0.322 e. The van der Waals surface area contributed by atoms with Crippen LogP contribution in [0.4, 0.5) is 11.4 Å². The van der Waals surface area contributed by atoms with Gasteiger partial charge in [0.25, 0.3) is 11.6 Å². The van der Waals surface area contributed by atoms with Gasteiger partial charge in [0.1, 0.15) is 0 Å². The predicted octanol–water partition coefficient (Wildman–Crippen LogP) is 6.02. The van der Waals surface area contributed by atoms with E-state index in [-0.39, 0.29) is 11.6 Å². The van der Waals surface area contributed by atoms with Crippen molar-refractivity contribution in [3.8, 4) is 11.3 Å². The zero-order valence-electron chi connectivity index (χ0n) is 15.9. The molecule has 3 aromatic carbocycles. The van der Waals surface area contributed by atoms with Gasteiger partial charge in [-0.05, 0) is 31.2 Å². The van der Waals surface area contributed by atoms with Crippen molar-refractivity contribution in [3.63, 3.8) is 0 Å². The zero-order valence-corrected chi connectivity index (χ0v) is 16.7. The Kier molecular flexibility index (Phi) is 5.16. The smallest absolute Gasteiger partial charge is 0.274 e. The van der Waals surface area contributed by atoms with Crippen molar-refractivity contribution in [1.29, 1.82) is 0 Å². The van der Waals surface area contributed by atoms with Gasteiger partial charge < -0.3 is 5.32 Å². The van der Waals surface area contributed by atoms with Crippen molar-refractivity contribution in [1.82, 2.24) is 4.98 Å². The number of carbonyl (C=O) groups excluding carboxylic acids is 1. The summed E-state index contributed by atoms with van der Waals surface area (Å²) >= 11 is 6.33. The van der Waals surface area contributed by atoms with Gasteiger partial charge in [0.05, 0.1) is 21.7 Å². The number of pyridine rings is 1. The second kappa shape index (κ2) is 7.93. The largest absolute Gasteiger partial charge is 0.322 e. The summed E-state index contributed by atoms with van der Waals surface area (Å²) in [6.07, 6.45) is 0. The van der Waals surface area contributed by atoms with Gasteiger partial charge >= 0.3 is 0 Å². The summed E-state index contributed by atoms with van der Waals surface area (Å²) in [5.41, 5.74) is 3.15. The molecule has 148 valence electrons. The average Bonchev–Trinajstić information content (AvgIpc) is 2.74. The molecule has 0 fully saturated rings. The van der Waals surface area contributed by atoms with E-state index in [9.17, 15) is 14.9 Å². The number of hydrogen-bond acceptors (Lipinski definition) is 4. The van der Waals surface area contributed by atoms with Crippen molar-refractivity contribution in [3.05, 3.63) is 99.1 Å². The van der Waals surface area contributed by atoms with Crippen LogP contribution in [0.3, 0.4) is 0 Å². The van der Waals surface area contributed by atoms with Crippen LogP contribution in [0, 0.1) is 17.0 Å². The first-order valence-corrected chi connectivity index (χ1v) is 9.53. The average molecular weight is 418 g/mol. The Balaban J connectivity index is 1.80. The van der Waals surface area contributed by atoms with Gasteiger partial charge in [0.15, 0.2) is 0 Å². The molecule has 0 aliphatic rings. The molecule has 0 aliphatic heterocycles.